The van der Waals surface area contributed by atoms with E-state index in [4.69, 9.17) is 11.6 Å². The third-order valence-electron chi connectivity index (χ3n) is 5.94. The second-order valence-corrected chi connectivity index (χ2v) is 8.81. The fourth-order valence-electron chi connectivity index (χ4n) is 4.11. The van der Waals surface area contributed by atoms with Crippen LogP contribution in [0.1, 0.15) is 38.2 Å². The summed E-state index contributed by atoms with van der Waals surface area (Å²) in [6.45, 7) is 2.64. The van der Waals surface area contributed by atoms with Gasteiger partial charge in [0, 0.05) is 18.7 Å². The smallest absolute Gasteiger partial charge is 0.334 e. The number of halogens is 5. The Morgan fingerprint density at radius 1 is 1.06 bits per heavy atom. The highest BCUT2D eigenvalue weighted by atomic mass is 35.5. The van der Waals surface area contributed by atoms with E-state index >= 15 is 0 Å². The zero-order valence-electron chi connectivity index (χ0n) is 18.7. The molecule has 3 aromatic rings. The van der Waals surface area contributed by atoms with E-state index in [-0.39, 0.29) is 16.5 Å². The molecule has 2 amide bonds. The minimum absolute atomic E-state index is 0.115. The molecule has 4 rings (SSSR count). The first-order valence-corrected chi connectivity index (χ1v) is 11.2. The lowest BCUT2D eigenvalue weighted by Crippen LogP contribution is -2.36. The molecule has 3 aromatic carbocycles. The van der Waals surface area contributed by atoms with E-state index in [1.807, 2.05) is 19.1 Å². The number of rotatable bonds is 4. The second-order valence-electron chi connectivity index (χ2n) is 8.40. The Labute approximate surface area is 204 Å². The normalized spacial score (nSPS) is 13.4. The van der Waals surface area contributed by atoms with Gasteiger partial charge in [-0.2, -0.15) is 13.2 Å². The molecule has 1 aliphatic heterocycles. The van der Waals surface area contributed by atoms with Gasteiger partial charge < -0.3 is 10.2 Å². The molecule has 0 unspecified atom stereocenters. The van der Waals surface area contributed by atoms with Crippen molar-refractivity contribution < 1.29 is 27.2 Å². The van der Waals surface area contributed by atoms with Gasteiger partial charge >= 0.3 is 6.18 Å². The third kappa shape index (κ3) is 5.32. The van der Waals surface area contributed by atoms with Crippen molar-refractivity contribution >= 4 is 29.1 Å². The number of hydrogen-bond donors (Lipinski definition) is 1. The molecule has 1 N–H and O–H groups in total. The Balaban J connectivity index is 1.52. The van der Waals surface area contributed by atoms with Gasteiger partial charge in [-0.05, 0) is 54.3 Å². The summed E-state index contributed by atoms with van der Waals surface area (Å²) in [4.78, 5) is 27.2. The zero-order chi connectivity index (χ0) is 25.3. The number of nitrogens with one attached hydrogen (secondary N) is 1. The van der Waals surface area contributed by atoms with Crippen LogP contribution >= 0.6 is 11.6 Å². The van der Waals surface area contributed by atoms with Gasteiger partial charge in [-0.3, -0.25) is 9.59 Å². The van der Waals surface area contributed by atoms with Crippen molar-refractivity contribution in [1.29, 1.82) is 0 Å². The molecule has 182 valence electrons. The molecule has 0 spiro atoms. The maximum absolute atomic E-state index is 14.3. The second kappa shape index (κ2) is 9.70. The van der Waals surface area contributed by atoms with Crippen LogP contribution < -0.4 is 5.32 Å². The molecule has 0 radical (unpaired) electrons. The van der Waals surface area contributed by atoms with E-state index in [1.165, 1.54) is 0 Å². The minimum atomic E-state index is -4.86. The number of nitrogens with zero attached hydrogens (tertiary/aromatic N) is 1. The fraction of sp³-hybridized carbons (Fsp3) is 0.231. The van der Waals surface area contributed by atoms with Crippen molar-refractivity contribution in [3.05, 3.63) is 98.8 Å². The Hall–Kier alpha value is -3.39. The van der Waals surface area contributed by atoms with Crippen LogP contribution in [0.3, 0.4) is 0 Å². The summed E-state index contributed by atoms with van der Waals surface area (Å²) in [5, 5.41) is 2.88. The third-order valence-corrected chi connectivity index (χ3v) is 6.25. The van der Waals surface area contributed by atoms with Crippen LogP contribution in [-0.2, 0) is 30.4 Å². The van der Waals surface area contributed by atoms with Crippen LogP contribution in [0.4, 0.5) is 23.2 Å². The maximum Gasteiger partial charge on any atom is 0.419 e. The molecule has 1 heterocycles. The van der Waals surface area contributed by atoms with Crippen LogP contribution in [0.5, 0.6) is 0 Å². The van der Waals surface area contributed by atoms with E-state index in [0.717, 1.165) is 28.8 Å². The first-order chi connectivity index (χ1) is 16.5. The number of amides is 2. The Kier molecular flexibility index (Phi) is 6.85. The number of benzene rings is 3. The molecule has 0 saturated heterocycles. The highest BCUT2D eigenvalue weighted by Gasteiger charge is 2.35. The van der Waals surface area contributed by atoms with E-state index in [1.54, 1.807) is 29.2 Å². The van der Waals surface area contributed by atoms with Crippen molar-refractivity contribution in [1.82, 2.24) is 4.90 Å². The minimum Gasteiger partial charge on any atom is -0.334 e. The van der Waals surface area contributed by atoms with E-state index in [9.17, 15) is 27.2 Å². The van der Waals surface area contributed by atoms with Gasteiger partial charge in [0.05, 0.1) is 22.7 Å². The lowest BCUT2D eigenvalue weighted by molar-refractivity contribution is -0.140. The molecule has 0 bridgehead atoms. The van der Waals surface area contributed by atoms with Crippen molar-refractivity contribution in [3.8, 4) is 0 Å². The Morgan fingerprint density at radius 2 is 1.77 bits per heavy atom. The van der Waals surface area contributed by atoms with E-state index < -0.39 is 29.9 Å². The Bertz CT molecular complexity index is 1290. The number of alkyl halides is 3. The Morgan fingerprint density at radius 3 is 2.46 bits per heavy atom. The molecule has 0 atom stereocenters. The van der Waals surface area contributed by atoms with E-state index in [0.29, 0.717) is 36.8 Å². The summed E-state index contributed by atoms with van der Waals surface area (Å²) in [7, 11) is 0. The SMILES string of the molecule is Cc1ccc(C(=O)N2CCc3c(ccc(Cl)c3NC(=O)Cc3cccc(C(F)(F)F)c3F)C2)cc1. The van der Waals surface area contributed by atoms with Crippen LogP contribution in [0.2, 0.25) is 5.02 Å². The number of anilines is 1. The van der Waals surface area contributed by atoms with Gasteiger partial charge in [-0.1, -0.05) is 47.5 Å². The molecule has 1 aliphatic rings. The monoisotopic (exact) mass is 504 g/mol. The molecular weight excluding hydrogens is 484 g/mol. The largest absolute Gasteiger partial charge is 0.419 e. The zero-order valence-corrected chi connectivity index (χ0v) is 19.4. The van der Waals surface area contributed by atoms with Crippen molar-refractivity contribution in [2.45, 2.75) is 32.5 Å². The lowest BCUT2D eigenvalue weighted by Gasteiger charge is -2.30. The van der Waals surface area contributed by atoms with Crippen LogP contribution in [0.25, 0.3) is 0 Å². The molecule has 4 nitrogen and oxygen atoms in total. The summed E-state index contributed by atoms with van der Waals surface area (Å²) in [6, 6.07) is 13.5. The number of aryl methyl sites for hydroxylation is 1. The average molecular weight is 505 g/mol. The van der Waals surface area contributed by atoms with Gasteiger partial charge in [0.2, 0.25) is 5.91 Å². The van der Waals surface area contributed by atoms with Crippen LogP contribution in [0, 0.1) is 12.7 Å². The summed E-state index contributed by atoms with van der Waals surface area (Å²) in [5.41, 5.74) is 1.69. The summed E-state index contributed by atoms with van der Waals surface area (Å²) < 4.78 is 53.3. The fourth-order valence-corrected chi connectivity index (χ4v) is 4.33. The molecule has 0 saturated carbocycles. The predicted molar refractivity (Wildman–Crippen MR) is 125 cm³/mol. The van der Waals surface area contributed by atoms with Gasteiger partial charge in [0.15, 0.2) is 0 Å². The summed E-state index contributed by atoms with van der Waals surface area (Å²) in [5.74, 6) is -2.28. The van der Waals surface area contributed by atoms with Crippen molar-refractivity contribution in [2.75, 3.05) is 11.9 Å². The first-order valence-electron chi connectivity index (χ1n) is 10.8. The molecule has 0 aromatic heterocycles. The standard InChI is InChI=1S/C26H21ClF4N2O2/c1-15-5-7-16(8-6-15)25(35)33-12-11-19-18(14-33)9-10-21(27)24(19)32-22(34)13-17-3-2-4-20(23(17)28)26(29,30)31/h2-10H,11-14H2,1H3,(H,32,34). The van der Waals surface area contributed by atoms with Gasteiger partial charge in [-0.25, -0.2) is 4.39 Å². The van der Waals surface area contributed by atoms with Crippen molar-refractivity contribution in [2.24, 2.45) is 0 Å². The average Bonchev–Trinajstić information content (AvgIpc) is 2.81. The molecule has 35 heavy (non-hydrogen) atoms. The molecule has 0 aliphatic carbocycles. The van der Waals surface area contributed by atoms with Crippen LogP contribution in [0.15, 0.2) is 54.6 Å². The van der Waals surface area contributed by atoms with E-state index in [2.05, 4.69) is 5.32 Å². The quantitative estimate of drug-likeness (QED) is 0.431. The molecule has 0 fully saturated rings. The van der Waals surface area contributed by atoms with Crippen molar-refractivity contribution in [3.63, 3.8) is 0 Å². The molecular formula is C26H21ClF4N2O2. The van der Waals surface area contributed by atoms with Gasteiger partial charge in [0.25, 0.3) is 5.91 Å². The van der Waals surface area contributed by atoms with Gasteiger partial charge in [-0.15, -0.1) is 0 Å². The predicted octanol–water partition coefficient (Wildman–Crippen LogP) is 6.19. The number of carbonyl (C=O) groups excluding carboxylic acids is 2. The molecule has 9 heteroatoms. The topological polar surface area (TPSA) is 49.4 Å². The summed E-state index contributed by atoms with van der Waals surface area (Å²) >= 11 is 6.32. The number of fused-ring (bicyclic) bond motifs is 1. The van der Waals surface area contributed by atoms with Crippen LogP contribution in [-0.4, -0.2) is 23.3 Å². The lowest BCUT2D eigenvalue weighted by atomic mass is 9.96. The first kappa shape index (κ1) is 24.7. The summed E-state index contributed by atoms with van der Waals surface area (Å²) in [6.07, 6.45) is -5.03. The number of hydrogen-bond acceptors (Lipinski definition) is 2. The van der Waals surface area contributed by atoms with Gasteiger partial charge in [0.1, 0.15) is 5.82 Å². The highest BCUT2D eigenvalue weighted by molar-refractivity contribution is 6.34. The maximum atomic E-state index is 14.3. The highest BCUT2D eigenvalue weighted by Crippen LogP contribution is 2.35. The number of carbonyl (C=O) groups is 2.